The third kappa shape index (κ3) is 4.66. The number of likely N-dealkylation sites (tertiary alicyclic amines) is 1. The number of amides is 1. The highest BCUT2D eigenvalue weighted by atomic mass is 32.1. The van der Waals surface area contributed by atoms with Crippen molar-refractivity contribution in [1.82, 2.24) is 14.9 Å². The van der Waals surface area contributed by atoms with E-state index in [4.69, 9.17) is 4.74 Å². The van der Waals surface area contributed by atoms with Crippen LogP contribution < -0.4 is 0 Å². The van der Waals surface area contributed by atoms with Crippen molar-refractivity contribution in [2.75, 3.05) is 19.7 Å². The number of carbonyl (C=O) groups is 2. The molecule has 0 N–H and O–H groups in total. The van der Waals surface area contributed by atoms with Gasteiger partial charge in [-0.25, -0.2) is 4.98 Å². The lowest BCUT2D eigenvalue weighted by Crippen LogP contribution is -2.40. The summed E-state index contributed by atoms with van der Waals surface area (Å²) in [5.41, 5.74) is 1.78. The van der Waals surface area contributed by atoms with Gasteiger partial charge in [0.25, 0.3) is 0 Å². The fraction of sp³-hybridized carbons (Fsp3) is 0.474. The Hall–Kier alpha value is -2.28. The third-order valence-corrected chi connectivity index (χ3v) is 5.41. The Morgan fingerprint density at radius 1 is 1.31 bits per heavy atom. The number of aromatic nitrogens is 2. The lowest BCUT2D eigenvalue weighted by Gasteiger charge is -2.30. The van der Waals surface area contributed by atoms with E-state index in [-0.39, 0.29) is 17.8 Å². The van der Waals surface area contributed by atoms with Gasteiger partial charge in [0.1, 0.15) is 5.01 Å². The van der Waals surface area contributed by atoms with Gasteiger partial charge in [-0.2, -0.15) is 0 Å². The van der Waals surface area contributed by atoms with Crippen molar-refractivity contribution in [3.05, 3.63) is 35.5 Å². The van der Waals surface area contributed by atoms with Gasteiger partial charge < -0.3 is 9.64 Å². The Kier molecular flexibility index (Phi) is 6.33. The Bertz CT molecular complexity index is 739. The van der Waals surface area contributed by atoms with E-state index in [0.717, 1.165) is 16.4 Å². The summed E-state index contributed by atoms with van der Waals surface area (Å²) in [5.74, 6) is -0.0812. The molecule has 1 fully saturated rings. The molecule has 0 bridgehead atoms. The monoisotopic (exact) mass is 373 g/mol. The molecule has 6 nitrogen and oxygen atoms in total. The van der Waals surface area contributed by atoms with Gasteiger partial charge in [-0.05, 0) is 38.3 Å². The molecule has 3 heterocycles. The van der Waals surface area contributed by atoms with Gasteiger partial charge in [-0.3, -0.25) is 14.6 Å². The first kappa shape index (κ1) is 18.5. The molecule has 0 aliphatic carbocycles. The number of hydrogen-bond donors (Lipinski definition) is 0. The van der Waals surface area contributed by atoms with E-state index in [1.807, 2.05) is 35.4 Å². The molecule has 0 unspecified atom stereocenters. The molecule has 7 heteroatoms. The molecule has 1 saturated heterocycles. The van der Waals surface area contributed by atoms with Gasteiger partial charge in [-0.1, -0.05) is 6.07 Å². The van der Waals surface area contributed by atoms with Crippen molar-refractivity contribution >= 4 is 23.2 Å². The van der Waals surface area contributed by atoms with Crippen LogP contribution in [-0.4, -0.2) is 46.4 Å². The van der Waals surface area contributed by atoms with E-state index in [2.05, 4.69) is 9.97 Å². The second-order valence-electron chi connectivity index (χ2n) is 6.27. The number of ether oxygens (including phenoxy) is 1. The van der Waals surface area contributed by atoms with Gasteiger partial charge >= 0.3 is 5.97 Å². The van der Waals surface area contributed by atoms with Crippen molar-refractivity contribution < 1.29 is 14.3 Å². The number of nitrogens with zero attached hydrogens (tertiary/aromatic N) is 3. The first-order valence-corrected chi connectivity index (χ1v) is 9.85. The zero-order chi connectivity index (χ0) is 18.4. The van der Waals surface area contributed by atoms with Crippen LogP contribution in [0.2, 0.25) is 0 Å². The van der Waals surface area contributed by atoms with E-state index in [1.54, 1.807) is 17.5 Å². The maximum atomic E-state index is 12.4. The first-order chi connectivity index (χ1) is 12.7. The topological polar surface area (TPSA) is 72.4 Å². The Morgan fingerprint density at radius 3 is 2.81 bits per heavy atom. The molecule has 2 aromatic rings. The Labute approximate surface area is 157 Å². The van der Waals surface area contributed by atoms with E-state index in [0.29, 0.717) is 45.4 Å². The molecule has 138 valence electrons. The van der Waals surface area contributed by atoms with Gasteiger partial charge in [0.2, 0.25) is 5.91 Å². The summed E-state index contributed by atoms with van der Waals surface area (Å²) in [7, 11) is 0. The lowest BCUT2D eigenvalue weighted by atomic mass is 9.96. The van der Waals surface area contributed by atoms with E-state index in [9.17, 15) is 9.59 Å². The molecule has 3 rings (SSSR count). The van der Waals surface area contributed by atoms with Gasteiger partial charge in [0.15, 0.2) is 0 Å². The smallest absolute Gasteiger partial charge is 0.309 e. The molecule has 26 heavy (non-hydrogen) atoms. The van der Waals surface area contributed by atoms with Crippen LogP contribution in [0.15, 0.2) is 29.8 Å². The zero-order valence-corrected chi connectivity index (χ0v) is 15.7. The number of esters is 1. The van der Waals surface area contributed by atoms with Crippen molar-refractivity contribution in [3.63, 3.8) is 0 Å². The Balaban J connectivity index is 1.46. The highest BCUT2D eigenvalue weighted by Gasteiger charge is 2.28. The maximum absolute atomic E-state index is 12.4. The Morgan fingerprint density at radius 2 is 2.12 bits per heavy atom. The number of hydrogen-bond acceptors (Lipinski definition) is 6. The minimum Gasteiger partial charge on any atom is -0.466 e. The molecule has 0 radical (unpaired) electrons. The predicted octanol–water partition coefficient (Wildman–Crippen LogP) is 2.94. The number of pyridine rings is 1. The van der Waals surface area contributed by atoms with Crippen LogP contribution in [0.25, 0.3) is 10.7 Å². The highest BCUT2D eigenvalue weighted by molar-refractivity contribution is 7.13. The number of thiazole rings is 1. The van der Waals surface area contributed by atoms with Crippen LogP contribution in [0.5, 0.6) is 0 Å². The minimum atomic E-state index is -0.135. The van der Waals surface area contributed by atoms with Gasteiger partial charge in [0, 0.05) is 31.1 Å². The van der Waals surface area contributed by atoms with Crippen molar-refractivity contribution in [2.45, 2.75) is 32.6 Å². The van der Waals surface area contributed by atoms with Crippen LogP contribution in [-0.2, 0) is 20.7 Å². The van der Waals surface area contributed by atoms with Crippen molar-refractivity contribution in [3.8, 4) is 10.7 Å². The molecular weight excluding hydrogens is 350 g/mol. The number of rotatable bonds is 6. The normalized spacial score (nSPS) is 15.0. The molecule has 0 aromatic carbocycles. The van der Waals surface area contributed by atoms with Gasteiger partial charge in [0.05, 0.1) is 23.9 Å². The second-order valence-corrected chi connectivity index (χ2v) is 7.12. The largest absolute Gasteiger partial charge is 0.466 e. The predicted molar refractivity (Wildman–Crippen MR) is 99.6 cm³/mol. The lowest BCUT2D eigenvalue weighted by molar-refractivity contribution is -0.151. The summed E-state index contributed by atoms with van der Waals surface area (Å²) < 4.78 is 5.07. The van der Waals surface area contributed by atoms with E-state index >= 15 is 0 Å². The fourth-order valence-electron chi connectivity index (χ4n) is 3.05. The average Bonchev–Trinajstić information content (AvgIpc) is 3.16. The van der Waals surface area contributed by atoms with Crippen LogP contribution in [0.3, 0.4) is 0 Å². The number of piperidine rings is 1. The molecular formula is C19H23N3O3S. The summed E-state index contributed by atoms with van der Waals surface area (Å²) in [5, 5.41) is 2.87. The van der Waals surface area contributed by atoms with Gasteiger partial charge in [-0.15, -0.1) is 11.3 Å². The SMILES string of the molecule is CCOC(=O)C1CCN(C(=O)CCc2csc(-c3ccccn3)n2)CC1. The second kappa shape index (κ2) is 8.89. The van der Waals surface area contributed by atoms with Crippen molar-refractivity contribution in [1.29, 1.82) is 0 Å². The van der Waals surface area contributed by atoms with Crippen molar-refractivity contribution in [2.24, 2.45) is 5.92 Å². The van der Waals surface area contributed by atoms with Crippen LogP contribution in [0, 0.1) is 5.92 Å². The molecule has 0 spiro atoms. The molecule has 2 aromatic heterocycles. The summed E-state index contributed by atoms with van der Waals surface area (Å²) in [6.07, 6.45) is 4.19. The molecule has 0 saturated carbocycles. The zero-order valence-electron chi connectivity index (χ0n) is 14.9. The standard InChI is InChI=1S/C19H23N3O3S/c1-2-25-19(24)14-8-11-22(12-9-14)17(23)7-6-15-13-26-18(21-15)16-5-3-4-10-20-16/h3-5,10,13-14H,2,6-9,11-12H2,1H3. The summed E-state index contributed by atoms with van der Waals surface area (Å²) in [4.78, 5) is 34.9. The highest BCUT2D eigenvalue weighted by Crippen LogP contribution is 2.23. The quantitative estimate of drug-likeness (QED) is 0.728. The van der Waals surface area contributed by atoms with E-state index in [1.165, 1.54) is 0 Å². The average molecular weight is 373 g/mol. The number of aryl methyl sites for hydroxylation is 1. The van der Waals surface area contributed by atoms with Crippen LogP contribution in [0.1, 0.15) is 31.9 Å². The molecule has 0 atom stereocenters. The molecule has 1 aliphatic heterocycles. The third-order valence-electron chi connectivity index (χ3n) is 4.50. The number of carbonyl (C=O) groups excluding carboxylic acids is 2. The molecule has 1 amide bonds. The van der Waals surface area contributed by atoms with Crippen LogP contribution >= 0.6 is 11.3 Å². The summed E-state index contributed by atoms with van der Waals surface area (Å²) in [6.45, 7) is 3.47. The maximum Gasteiger partial charge on any atom is 0.309 e. The first-order valence-electron chi connectivity index (χ1n) is 8.97. The minimum absolute atomic E-state index is 0.0709. The summed E-state index contributed by atoms with van der Waals surface area (Å²) in [6, 6.07) is 5.75. The molecule has 1 aliphatic rings. The van der Waals surface area contributed by atoms with E-state index < -0.39 is 0 Å². The van der Waals surface area contributed by atoms with Crippen LogP contribution in [0.4, 0.5) is 0 Å². The summed E-state index contributed by atoms with van der Waals surface area (Å²) >= 11 is 1.55. The fourth-order valence-corrected chi connectivity index (χ4v) is 3.88.